The van der Waals surface area contributed by atoms with Gasteiger partial charge in [-0.25, -0.2) is 4.79 Å². The van der Waals surface area contributed by atoms with Crippen LogP contribution in [0.1, 0.15) is 19.4 Å². The van der Waals surface area contributed by atoms with Crippen molar-refractivity contribution >= 4 is 16.9 Å². The Hall–Kier alpha value is -1.97. The Bertz CT molecular complexity index is 572. The molecule has 0 aliphatic heterocycles. The van der Waals surface area contributed by atoms with Gasteiger partial charge >= 0.3 is 6.03 Å². The lowest BCUT2D eigenvalue weighted by Gasteiger charge is -2.09. The standard InChI is InChI=1S/C15H21N3O/c1-11(2)17-15(19)16-9-8-12-10-18(3)14-7-5-4-6-13(12)14/h4-7,10-11H,8-9H2,1-3H3,(H2,16,17,19). The van der Waals surface area contributed by atoms with Crippen LogP contribution in [0.2, 0.25) is 0 Å². The minimum absolute atomic E-state index is 0.102. The maximum atomic E-state index is 11.5. The Balaban J connectivity index is 1.97. The zero-order valence-electron chi connectivity index (χ0n) is 11.7. The van der Waals surface area contributed by atoms with Crippen molar-refractivity contribution in [2.75, 3.05) is 6.54 Å². The van der Waals surface area contributed by atoms with Gasteiger partial charge in [-0.15, -0.1) is 0 Å². The molecule has 2 amide bonds. The SMILES string of the molecule is CC(C)NC(=O)NCCc1cn(C)c2ccccc12. The van der Waals surface area contributed by atoms with E-state index in [1.54, 1.807) is 0 Å². The molecular weight excluding hydrogens is 238 g/mol. The number of nitrogens with zero attached hydrogens (tertiary/aromatic N) is 1. The van der Waals surface area contributed by atoms with E-state index in [9.17, 15) is 4.79 Å². The highest BCUT2D eigenvalue weighted by atomic mass is 16.2. The molecule has 0 saturated heterocycles. The summed E-state index contributed by atoms with van der Waals surface area (Å²) in [4.78, 5) is 11.5. The molecule has 0 aliphatic carbocycles. The highest BCUT2D eigenvalue weighted by Gasteiger charge is 2.06. The van der Waals surface area contributed by atoms with Gasteiger partial charge in [-0.1, -0.05) is 18.2 Å². The van der Waals surface area contributed by atoms with Crippen LogP contribution >= 0.6 is 0 Å². The molecule has 0 spiro atoms. The Kier molecular flexibility index (Phi) is 4.10. The molecule has 2 aromatic rings. The van der Waals surface area contributed by atoms with E-state index in [0.29, 0.717) is 6.54 Å². The number of carbonyl (C=O) groups excluding carboxylic acids is 1. The van der Waals surface area contributed by atoms with E-state index in [0.717, 1.165) is 6.42 Å². The van der Waals surface area contributed by atoms with E-state index in [2.05, 4.69) is 33.5 Å². The molecule has 19 heavy (non-hydrogen) atoms. The summed E-state index contributed by atoms with van der Waals surface area (Å²) < 4.78 is 2.12. The fraction of sp³-hybridized carbons (Fsp3) is 0.400. The number of hydrogen-bond donors (Lipinski definition) is 2. The third-order valence-corrected chi connectivity index (χ3v) is 3.08. The molecule has 0 atom stereocenters. The molecule has 1 heterocycles. The van der Waals surface area contributed by atoms with Gasteiger partial charge in [0, 0.05) is 36.7 Å². The summed E-state index contributed by atoms with van der Waals surface area (Å²) >= 11 is 0. The van der Waals surface area contributed by atoms with E-state index in [1.165, 1.54) is 16.5 Å². The topological polar surface area (TPSA) is 46.1 Å². The molecule has 2 rings (SSSR count). The summed E-state index contributed by atoms with van der Waals surface area (Å²) in [7, 11) is 2.05. The predicted molar refractivity (Wildman–Crippen MR) is 78.3 cm³/mol. The molecule has 1 aromatic heterocycles. The van der Waals surface area contributed by atoms with E-state index >= 15 is 0 Å². The van der Waals surface area contributed by atoms with E-state index in [4.69, 9.17) is 0 Å². The Morgan fingerprint density at radius 3 is 2.79 bits per heavy atom. The number of benzene rings is 1. The summed E-state index contributed by atoms with van der Waals surface area (Å²) in [6.45, 7) is 4.54. The van der Waals surface area contributed by atoms with Gasteiger partial charge in [-0.2, -0.15) is 0 Å². The zero-order chi connectivity index (χ0) is 13.8. The Morgan fingerprint density at radius 1 is 1.32 bits per heavy atom. The Morgan fingerprint density at radius 2 is 2.05 bits per heavy atom. The number of para-hydroxylation sites is 1. The van der Waals surface area contributed by atoms with Crippen molar-refractivity contribution in [1.29, 1.82) is 0 Å². The van der Waals surface area contributed by atoms with Gasteiger partial charge in [-0.05, 0) is 31.9 Å². The second kappa shape index (κ2) is 5.78. The van der Waals surface area contributed by atoms with Crippen molar-refractivity contribution in [2.45, 2.75) is 26.3 Å². The van der Waals surface area contributed by atoms with Crippen LogP contribution in [0.15, 0.2) is 30.5 Å². The summed E-state index contributed by atoms with van der Waals surface area (Å²) in [5.74, 6) is 0. The first-order valence-corrected chi connectivity index (χ1v) is 6.65. The summed E-state index contributed by atoms with van der Waals surface area (Å²) in [6, 6.07) is 8.38. The number of carbonyl (C=O) groups is 1. The number of rotatable bonds is 4. The van der Waals surface area contributed by atoms with E-state index in [1.807, 2.05) is 33.0 Å². The van der Waals surface area contributed by atoms with Crippen LogP contribution in [-0.2, 0) is 13.5 Å². The molecule has 2 N–H and O–H groups in total. The Labute approximate surface area is 113 Å². The predicted octanol–water partition coefficient (Wildman–Crippen LogP) is 2.43. The molecule has 0 saturated carbocycles. The highest BCUT2D eigenvalue weighted by Crippen LogP contribution is 2.20. The highest BCUT2D eigenvalue weighted by molar-refractivity contribution is 5.84. The monoisotopic (exact) mass is 259 g/mol. The number of aromatic nitrogens is 1. The average molecular weight is 259 g/mol. The van der Waals surface area contributed by atoms with Crippen LogP contribution < -0.4 is 10.6 Å². The maximum Gasteiger partial charge on any atom is 0.314 e. The first kappa shape index (κ1) is 13.5. The van der Waals surface area contributed by atoms with Crippen LogP contribution in [0.4, 0.5) is 4.79 Å². The first-order chi connectivity index (χ1) is 9.08. The van der Waals surface area contributed by atoms with E-state index < -0.39 is 0 Å². The van der Waals surface area contributed by atoms with Gasteiger partial charge in [0.1, 0.15) is 0 Å². The summed E-state index contributed by atoms with van der Waals surface area (Å²) in [6.07, 6.45) is 2.97. The second-order valence-corrected chi connectivity index (χ2v) is 5.09. The lowest BCUT2D eigenvalue weighted by Crippen LogP contribution is -2.40. The van der Waals surface area contributed by atoms with Gasteiger partial charge in [0.25, 0.3) is 0 Å². The molecule has 4 nitrogen and oxygen atoms in total. The molecule has 4 heteroatoms. The van der Waals surface area contributed by atoms with Crippen molar-refractivity contribution in [2.24, 2.45) is 7.05 Å². The van der Waals surface area contributed by atoms with Crippen LogP contribution in [0.5, 0.6) is 0 Å². The second-order valence-electron chi connectivity index (χ2n) is 5.09. The minimum Gasteiger partial charge on any atom is -0.350 e. The molecule has 102 valence electrons. The lowest BCUT2D eigenvalue weighted by atomic mass is 10.1. The van der Waals surface area contributed by atoms with Gasteiger partial charge in [0.15, 0.2) is 0 Å². The number of fused-ring (bicyclic) bond motifs is 1. The molecule has 1 aromatic carbocycles. The zero-order valence-corrected chi connectivity index (χ0v) is 11.7. The molecule has 0 aliphatic rings. The largest absolute Gasteiger partial charge is 0.350 e. The molecule has 0 fully saturated rings. The van der Waals surface area contributed by atoms with E-state index in [-0.39, 0.29) is 12.1 Å². The van der Waals surface area contributed by atoms with Crippen LogP contribution in [0, 0.1) is 0 Å². The average Bonchev–Trinajstić information content (AvgIpc) is 2.66. The number of hydrogen-bond acceptors (Lipinski definition) is 1. The van der Waals surface area contributed by atoms with Crippen LogP contribution in [-0.4, -0.2) is 23.2 Å². The normalized spacial score (nSPS) is 10.9. The van der Waals surface area contributed by atoms with Gasteiger partial charge < -0.3 is 15.2 Å². The number of nitrogens with one attached hydrogen (secondary N) is 2. The van der Waals surface area contributed by atoms with Crippen LogP contribution in [0.3, 0.4) is 0 Å². The van der Waals surface area contributed by atoms with Gasteiger partial charge in [0.05, 0.1) is 0 Å². The third kappa shape index (κ3) is 3.28. The molecular formula is C15H21N3O. The molecule has 0 bridgehead atoms. The minimum atomic E-state index is -0.102. The number of amides is 2. The van der Waals surface area contributed by atoms with Crippen molar-refractivity contribution < 1.29 is 4.79 Å². The smallest absolute Gasteiger partial charge is 0.314 e. The van der Waals surface area contributed by atoms with Gasteiger partial charge in [-0.3, -0.25) is 0 Å². The third-order valence-electron chi connectivity index (χ3n) is 3.08. The van der Waals surface area contributed by atoms with Crippen LogP contribution in [0.25, 0.3) is 10.9 Å². The summed E-state index contributed by atoms with van der Waals surface area (Å²) in [5, 5.41) is 6.95. The maximum absolute atomic E-state index is 11.5. The van der Waals surface area contributed by atoms with Crippen molar-refractivity contribution in [1.82, 2.24) is 15.2 Å². The fourth-order valence-corrected chi connectivity index (χ4v) is 2.25. The van der Waals surface area contributed by atoms with Crippen molar-refractivity contribution in [3.8, 4) is 0 Å². The number of urea groups is 1. The fourth-order valence-electron chi connectivity index (χ4n) is 2.25. The molecule has 0 unspecified atom stereocenters. The first-order valence-electron chi connectivity index (χ1n) is 6.65. The molecule has 0 radical (unpaired) electrons. The quantitative estimate of drug-likeness (QED) is 0.870. The van der Waals surface area contributed by atoms with Crippen molar-refractivity contribution in [3.63, 3.8) is 0 Å². The summed E-state index contributed by atoms with van der Waals surface area (Å²) in [5.41, 5.74) is 2.49. The van der Waals surface area contributed by atoms with Crippen molar-refractivity contribution in [3.05, 3.63) is 36.0 Å². The lowest BCUT2D eigenvalue weighted by molar-refractivity contribution is 0.238. The number of aryl methyl sites for hydroxylation is 1. The van der Waals surface area contributed by atoms with Gasteiger partial charge in [0.2, 0.25) is 0 Å².